The number of methoxy groups -OCH3 is 12. The van der Waals surface area contributed by atoms with Crippen LogP contribution in [0.4, 0.5) is 0 Å². The van der Waals surface area contributed by atoms with Crippen LogP contribution in [0, 0.1) is 0 Å². The fourth-order valence-corrected chi connectivity index (χ4v) is 2.47. The van der Waals surface area contributed by atoms with E-state index < -0.39 is 71.6 Å². The monoisotopic (exact) mass is 1480 g/mol. The zero-order valence-electron chi connectivity index (χ0n) is 62.1. The standard InChI is InChI=1S/6C6H10O3.6C5H8O3/c6*1-5(2)6(7)9-4-8-3;6*1-3-5(6)8-4-7-2/h6*1,4H2,2-3H3;6*3H,1,4H2,2H3. The van der Waals surface area contributed by atoms with E-state index in [2.05, 4.69) is 193 Å². The maximum absolute atomic E-state index is 10.5. The predicted molar refractivity (Wildman–Crippen MR) is 366 cm³/mol. The molecule has 0 saturated heterocycles. The van der Waals surface area contributed by atoms with E-state index in [1.54, 1.807) is 41.5 Å². The molecule has 0 aromatic rings. The Morgan fingerprint density at radius 1 is 0.186 bits per heavy atom. The van der Waals surface area contributed by atoms with Gasteiger partial charge < -0.3 is 114 Å². The van der Waals surface area contributed by atoms with Gasteiger partial charge in [0.25, 0.3) is 0 Å². The van der Waals surface area contributed by atoms with Crippen LogP contribution >= 0.6 is 0 Å². The molecule has 0 aromatic heterocycles. The second-order valence-corrected chi connectivity index (χ2v) is 16.2. The van der Waals surface area contributed by atoms with E-state index in [9.17, 15) is 57.5 Å². The first-order valence-corrected chi connectivity index (χ1v) is 27.5. The van der Waals surface area contributed by atoms with Crippen molar-refractivity contribution in [2.75, 3.05) is 167 Å². The molecular formula is C66H108O36. The van der Waals surface area contributed by atoms with Crippen LogP contribution in [-0.4, -0.2) is 238 Å². The lowest BCUT2D eigenvalue weighted by atomic mass is 10.4. The highest BCUT2D eigenvalue weighted by atomic mass is 16.7. The highest BCUT2D eigenvalue weighted by molar-refractivity contribution is 5.89. The summed E-state index contributed by atoms with van der Waals surface area (Å²) in [6, 6.07) is 0. The minimum absolute atomic E-state index is 0.00824. The van der Waals surface area contributed by atoms with Crippen molar-refractivity contribution in [1.82, 2.24) is 0 Å². The number of carbonyl (C=O) groups is 12. The van der Waals surface area contributed by atoms with Gasteiger partial charge in [0.2, 0.25) is 0 Å². The molecular weight excluding hydrogens is 1370 g/mol. The topological polar surface area (TPSA) is 426 Å². The maximum atomic E-state index is 10.5. The van der Waals surface area contributed by atoms with Gasteiger partial charge in [-0.3, -0.25) is 0 Å². The zero-order chi connectivity index (χ0) is 82.1. The van der Waals surface area contributed by atoms with Crippen molar-refractivity contribution in [3.63, 3.8) is 0 Å². The van der Waals surface area contributed by atoms with E-state index >= 15 is 0 Å². The van der Waals surface area contributed by atoms with Crippen LogP contribution in [0.2, 0.25) is 0 Å². The molecule has 0 heterocycles. The number of esters is 12. The molecule has 0 aromatic carbocycles. The summed E-state index contributed by atoms with van der Waals surface area (Å²) in [5.74, 6) is -5.31. The fraction of sp³-hybridized carbons (Fsp3) is 0.455. The first-order chi connectivity index (χ1) is 47.9. The van der Waals surface area contributed by atoms with Crippen molar-refractivity contribution in [1.29, 1.82) is 0 Å². The van der Waals surface area contributed by atoms with E-state index in [4.69, 9.17) is 0 Å². The minimum Gasteiger partial charge on any atom is -0.435 e. The lowest BCUT2D eigenvalue weighted by Crippen LogP contribution is -2.06. The van der Waals surface area contributed by atoms with Gasteiger partial charge in [-0.1, -0.05) is 78.9 Å². The molecule has 0 saturated carbocycles. The van der Waals surface area contributed by atoms with E-state index in [0.29, 0.717) is 33.4 Å². The smallest absolute Gasteiger partial charge is 0.335 e. The van der Waals surface area contributed by atoms with Gasteiger partial charge in [0.05, 0.1) is 0 Å². The van der Waals surface area contributed by atoms with Gasteiger partial charge in [-0.15, -0.1) is 0 Å². The molecule has 0 bridgehead atoms. The summed E-state index contributed by atoms with van der Waals surface area (Å²) in [4.78, 5) is 124. The molecule has 588 valence electrons. The van der Waals surface area contributed by atoms with E-state index in [1.165, 1.54) is 85.3 Å². The van der Waals surface area contributed by atoms with Crippen LogP contribution in [0.3, 0.4) is 0 Å². The van der Waals surface area contributed by atoms with Crippen LogP contribution in [0.25, 0.3) is 0 Å². The van der Waals surface area contributed by atoms with Crippen molar-refractivity contribution in [2.24, 2.45) is 0 Å². The average Bonchev–Trinajstić information content (AvgIpc) is 2.20. The number of hydrogen-bond donors (Lipinski definition) is 0. The SMILES string of the molecule is C=C(C)C(=O)OCOC.C=C(C)C(=O)OCOC.C=C(C)C(=O)OCOC.C=C(C)C(=O)OCOC.C=C(C)C(=O)OCOC.C=C(C)C(=O)OCOC.C=CC(=O)OCOC.C=CC(=O)OCOC.C=CC(=O)OCOC.C=CC(=O)OCOC.C=CC(=O)OCOC.C=CC(=O)OCOC. The molecule has 0 aliphatic rings. The first kappa shape index (κ1) is 119. The number of rotatable bonds is 36. The Morgan fingerprint density at radius 2 is 0.265 bits per heavy atom. The Balaban J connectivity index is -0.0000000867. The number of carbonyl (C=O) groups excluding carboxylic acids is 12. The summed E-state index contributed by atoms with van der Waals surface area (Å²) in [5, 5.41) is 0. The largest absolute Gasteiger partial charge is 0.435 e. The summed E-state index contributed by atoms with van der Waals surface area (Å²) in [7, 11) is 17.3. The molecule has 0 spiro atoms. The van der Waals surface area contributed by atoms with Crippen molar-refractivity contribution < 1.29 is 171 Å². The van der Waals surface area contributed by atoms with Crippen LogP contribution in [0.1, 0.15) is 41.5 Å². The minimum atomic E-state index is -0.466. The van der Waals surface area contributed by atoms with Crippen LogP contribution in [0.5, 0.6) is 0 Å². The second kappa shape index (κ2) is 99.7. The molecule has 0 rings (SSSR count). The maximum Gasteiger partial charge on any atom is 0.335 e. The molecule has 36 nitrogen and oxygen atoms in total. The Kier molecular flexibility index (Phi) is 116. The van der Waals surface area contributed by atoms with Crippen LogP contribution in [0.15, 0.2) is 149 Å². The molecule has 0 amide bonds. The highest BCUT2D eigenvalue weighted by Gasteiger charge is 2.04. The highest BCUT2D eigenvalue weighted by Crippen LogP contribution is 1.95. The van der Waals surface area contributed by atoms with Gasteiger partial charge >= 0.3 is 71.6 Å². The van der Waals surface area contributed by atoms with E-state index in [-0.39, 0.29) is 81.5 Å². The lowest BCUT2D eigenvalue weighted by Gasteiger charge is -1.99. The summed E-state index contributed by atoms with van der Waals surface area (Å²) < 4.78 is 107. The molecule has 0 unspecified atom stereocenters. The molecule has 0 fully saturated rings. The predicted octanol–water partition coefficient (Wildman–Crippen LogP) is 6.17. The lowest BCUT2D eigenvalue weighted by molar-refractivity contribution is -0.150. The normalized spacial score (nSPS) is 8.41. The third kappa shape index (κ3) is 130. The quantitative estimate of drug-likeness (QED) is 0.0292. The summed E-state index contributed by atoms with van der Waals surface area (Å²) in [5.41, 5.74) is 2.29. The summed E-state index contributed by atoms with van der Waals surface area (Å²) in [6.45, 7) is 48.8. The molecule has 0 N–H and O–H groups in total. The Labute approximate surface area is 598 Å². The van der Waals surface area contributed by atoms with E-state index in [1.807, 2.05) is 0 Å². The number of hydrogen-bond acceptors (Lipinski definition) is 36. The Bertz CT molecular complexity index is 1970. The fourth-order valence-electron chi connectivity index (χ4n) is 2.47. The van der Waals surface area contributed by atoms with Crippen LogP contribution in [-0.2, 0) is 171 Å². The molecule has 36 heteroatoms. The van der Waals surface area contributed by atoms with Gasteiger partial charge in [0.1, 0.15) is 0 Å². The number of ether oxygens (including phenoxy) is 24. The van der Waals surface area contributed by atoms with Crippen molar-refractivity contribution >= 4 is 71.6 Å². The first-order valence-electron chi connectivity index (χ1n) is 27.5. The molecule has 0 atom stereocenters. The molecule has 0 aliphatic heterocycles. The molecule has 0 aliphatic carbocycles. The molecule has 0 radical (unpaired) electrons. The van der Waals surface area contributed by atoms with Crippen molar-refractivity contribution in [3.8, 4) is 0 Å². The second-order valence-electron chi connectivity index (χ2n) is 16.2. The Hall–Kier alpha value is -9.96. The summed E-state index contributed by atoms with van der Waals surface area (Å²) in [6.07, 6.45) is 6.49. The summed E-state index contributed by atoms with van der Waals surface area (Å²) >= 11 is 0. The van der Waals surface area contributed by atoms with Gasteiger partial charge in [0.15, 0.2) is 81.5 Å². The van der Waals surface area contributed by atoms with E-state index in [0.717, 1.165) is 36.5 Å². The molecule has 102 heavy (non-hydrogen) atoms. The van der Waals surface area contributed by atoms with Gasteiger partial charge in [0, 0.05) is 155 Å². The Morgan fingerprint density at radius 3 is 0.324 bits per heavy atom. The van der Waals surface area contributed by atoms with Crippen molar-refractivity contribution in [3.05, 3.63) is 149 Å². The van der Waals surface area contributed by atoms with Gasteiger partial charge in [-0.05, 0) is 41.5 Å². The third-order valence-electron chi connectivity index (χ3n) is 6.85. The average molecular weight is 1480 g/mol. The van der Waals surface area contributed by atoms with Crippen LogP contribution < -0.4 is 0 Å². The zero-order valence-corrected chi connectivity index (χ0v) is 62.1. The van der Waals surface area contributed by atoms with Crippen molar-refractivity contribution in [2.45, 2.75) is 41.5 Å². The third-order valence-corrected chi connectivity index (χ3v) is 6.85. The van der Waals surface area contributed by atoms with Gasteiger partial charge in [-0.25, -0.2) is 57.5 Å². The van der Waals surface area contributed by atoms with Gasteiger partial charge in [-0.2, -0.15) is 0 Å².